The predicted octanol–water partition coefficient (Wildman–Crippen LogP) is 2.65. The first-order valence-corrected chi connectivity index (χ1v) is 10.2. The molecule has 0 fully saturated rings. The van der Waals surface area contributed by atoms with Gasteiger partial charge in [0.15, 0.2) is 17.3 Å². The number of unbranched alkanes of at least 4 members (excludes halogenated alkanes) is 2. The van der Waals surface area contributed by atoms with Crippen molar-refractivity contribution in [2.45, 2.75) is 45.7 Å². The van der Waals surface area contributed by atoms with Crippen molar-refractivity contribution in [1.29, 1.82) is 0 Å². The molecule has 3 aromatic heterocycles. The average Bonchev–Trinajstić information content (AvgIpc) is 3.26. The zero-order chi connectivity index (χ0) is 19.5. The molecule has 9 nitrogen and oxygen atoms in total. The molecular weight excluding hydrogens is 378 g/mol. The lowest BCUT2D eigenvalue weighted by atomic mass is 10.2. The summed E-state index contributed by atoms with van der Waals surface area (Å²) in [5, 5.41) is 0.467. The molecule has 0 unspecified atom stereocenters. The number of nitrogens with one attached hydrogen (secondary N) is 1. The maximum atomic E-state index is 6.12. The molecule has 150 valence electrons. The summed E-state index contributed by atoms with van der Waals surface area (Å²) in [4.78, 5) is 25.1. The van der Waals surface area contributed by atoms with E-state index in [4.69, 9.17) is 17.3 Å². The number of nitrogens with two attached hydrogens (primary N) is 1. The SMILES string of the molecule is CCCCCN1CN(CCCn2cnc3c(N)ncnc32)Cc2[nH]c(Cl)nc21. The van der Waals surface area contributed by atoms with Gasteiger partial charge in [-0.1, -0.05) is 19.8 Å². The first kappa shape index (κ1) is 18.9. The van der Waals surface area contributed by atoms with Crippen molar-refractivity contribution in [2.75, 3.05) is 30.4 Å². The highest BCUT2D eigenvalue weighted by molar-refractivity contribution is 6.28. The van der Waals surface area contributed by atoms with Crippen LogP contribution in [0.2, 0.25) is 5.28 Å². The molecule has 1 aliphatic rings. The predicted molar refractivity (Wildman–Crippen MR) is 110 cm³/mol. The Labute approximate surface area is 168 Å². The second kappa shape index (κ2) is 8.32. The molecule has 4 rings (SSSR count). The number of H-pyrrole nitrogens is 1. The lowest BCUT2D eigenvalue weighted by molar-refractivity contribution is 0.240. The van der Waals surface area contributed by atoms with Crippen LogP contribution in [-0.4, -0.2) is 54.1 Å². The van der Waals surface area contributed by atoms with Gasteiger partial charge in [0, 0.05) is 26.2 Å². The third-order valence-electron chi connectivity index (χ3n) is 5.11. The lowest BCUT2D eigenvalue weighted by Gasteiger charge is -2.35. The van der Waals surface area contributed by atoms with Crippen molar-refractivity contribution in [3.8, 4) is 0 Å². The fourth-order valence-electron chi connectivity index (χ4n) is 3.73. The minimum atomic E-state index is 0.422. The molecule has 0 saturated carbocycles. The summed E-state index contributed by atoms with van der Waals surface area (Å²) in [5.41, 5.74) is 8.42. The standard InChI is InChI=1S/C18H26ClN9/c1-2-3-4-7-28-12-26(9-13-16(28)25-18(19)24-13)6-5-8-27-11-23-14-15(20)21-10-22-17(14)27/h10-11H,2-9,12H2,1H3,(H,24,25)(H2,20,21,22). The number of aromatic nitrogens is 6. The highest BCUT2D eigenvalue weighted by Crippen LogP contribution is 2.27. The fourth-order valence-corrected chi connectivity index (χ4v) is 3.92. The molecule has 10 heteroatoms. The van der Waals surface area contributed by atoms with Crippen LogP contribution >= 0.6 is 11.6 Å². The van der Waals surface area contributed by atoms with Gasteiger partial charge in [-0.05, 0) is 24.4 Å². The number of fused-ring (bicyclic) bond motifs is 2. The quantitative estimate of drug-likeness (QED) is 0.557. The van der Waals surface area contributed by atoms with Gasteiger partial charge in [0.1, 0.15) is 11.8 Å². The van der Waals surface area contributed by atoms with E-state index < -0.39 is 0 Å². The highest BCUT2D eigenvalue weighted by Gasteiger charge is 2.25. The van der Waals surface area contributed by atoms with Crippen LogP contribution in [0.4, 0.5) is 11.6 Å². The number of nitrogen functional groups attached to an aromatic ring is 1. The van der Waals surface area contributed by atoms with Gasteiger partial charge in [-0.15, -0.1) is 0 Å². The van der Waals surface area contributed by atoms with Crippen LogP contribution in [0.1, 0.15) is 38.3 Å². The molecule has 0 radical (unpaired) electrons. The van der Waals surface area contributed by atoms with Crippen molar-refractivity contribution in [2.24, 2.45) is 0 Å². The van der Waals surface area contributed by atoms with Crippen molar-refractivity contribution in [3.63, 3.8) is 0 Å². The van der Waals surface area contributed by atoms with Crippen LogP contribution < -0.4 is 10.6 Å². The van der Waals surface area contributed by atoms with E-state index in [1.165, 1.54) is 19.2 Å². The largest absolute Gasteiger partial charge is 0.382 e. The number of rotatable bonds is 8. The first-order valence-electron chi connectivity index (χ1n) is 9.78. The number of halogens is 1. The molecule has 4 heterocycles. The van der Waals surface area contributed by atoms with Crippen LogP contribution in [0.15, 0.2) is 12.7 Å². The molecule has 28 heavy (non-hydrogen) atoms. The minimum absolute atomic E-state index is 0.422. The number of aryl methyl sites for hydroxylation is 1. The highest BCUT2D eigenvalue weighted by atomic mass is 35.5. The summed E-state index contributed by atoms with van der Waals surface area (Å²) >= 11 is 6.12. The van der Waals surface area contributed by atoms with E-state index in [1.54, 1.807) is 6.33 Å². The van der Waals surface area contributed by atoms with E-state index in [0.717, 1.165) is 62.8 Å². The third kappa shape index (κ3) is 3.90. The first-order chi connectivity index (χ1) is 13.7. The van der Waals surface area contributed by atoms with E-state index >= 15 is 0 Å². The van der Waals surface area contributed by atoms with Crippen molar-refractivity contribution < 1.29 is 0 Å². The van der Waals surface area contributed by atoms with Crippen LogP contribution in [0.5, 0.6) is 0 Å². The maximum absolute atomic E-state index is 6.12. The number of imidazole rings is 2. The van der Waals surface area contributed by atoms with Crippen LogP contribution in [0, 0.1) is 0 Å². The van der Waals surface area contributed by atoms with Gasteiger partial charge in [-0.3, -0.25) is 4.90 Å². The topological polar surface area (TPSA) is 105 Å². The van der Waals surface area contributed by atoms with Crippen molar-refractivity contribution in [1.82, 2.24) is 34.4 Å². The van der Waals surface area contributed by atoms with Gasteiger partial charge >= 0.3 is 0 Å². The molecule has 0 amide bonds. The molecule has 0 aromatic carbocycles. The Morgan fingerprint density at radius 1 is 1.14 bits per heavy atom. The Hall–Kier alpha value is -2.39. The smallest absolute Gasteiger partial charge is 0.202 e. The van der Waals surface area contributed by atoms with E-state index in [-0.39, 0.29) is 0 Å². The zero-order valence-corrected chi connectivity index (χ0v) is 16.9. The van der Waals surface area contributed by atoms with E-state index in [9.17, 15) is 0 Å². The Morgan fingerprint density at radius 2 is 2.04 bits per heavy atom. The van der Waals surface area contributed by atoms with E-state index in [1.807, 2.05) is 4.57 Å². The van der Waals surface area contributed by atoms with E-state index in [2.05, 4.69) is 41.6 Å². The minimum Gasteiger partial charge on any atom is -0.382 e. The Kier molecular flexibility index (Phi) is 5.63. The maximum Gasteiger partial charge on any atom is 0.202 e. The van der Waals surface area contributed by atoms with Gasteiger partial charge < -0.3 is 20.2 Å². The number of nitrogens with zero attached hydrogens (tertiary/aromatic N) is 7. The summed E-state index contributed by atoms with van der Waals surface area (Å²) in [6.45, 7) is 6.71. The second-order valence-corrected chi connectivity index (χ2v) is 7.57. The number of aromatic amines is 1. The normalized spacial score (nSPS) is 14.7. The van der Waals surface area contributed by atoms with Crippen LogP contribution in [0.3, 0.4) is 0 Å². The molecule has 1 aliphatic heterocycles. The summed E-state index contributed by atoms with van der Waals surface area (Å²) in [6.07, 6.45) is 7.85. The summed E-state index contributed by atoms with van der Waals surface area (Å²) in [5.74, 6) is 1.43. The van der Waals surface area contributed by atoms with Gasteiger partial charge in [0.05, 0.1) is 18.7 Å². The molecule has 3 aromatic rings. The fraction of sp³-hybridized carbons (Fsp3) is 0.556. The molecule has 0 spiro atoms. The van der Waals surface area contributed by atoms with Gasteiger partial charge in [0.2, 0.25) is 5.28 Å². The number of hydrogen-bond donors (Lipinski definition) is 2. The Bertz CT molecular complexity index is 934. The Balaban J connectivity index is 1.38. The monoisotopic (exact) mass is 403 g/mol. The van der Waals surface area contributed by atoms with Crippen molar-refractivity contribution in [3.05, 3.63) is 23.6 Å². The molecule has 0 aliphatic carbocycles. The average molecular weight is 404 g/mol. The van der Waals surface area contributed by atoms with Crippen molar-refractivity contribution >= 4 is 34.4 Å². The Morgan fingerprint density at radius 3 is 2.89 bits per heavy atom. The number of anilines is 2. The zero-order valence-electron chi connectivity index (χ0n) is 16.1. The lowest BCUT2D eigenvalue weighted by Crippen LogP contribution is -2.43. The third-order valence-corrected chi connectivity index (χ3v) is 5.29. The summed E-state index contributed by atoms with van der Waals surface area (Å²) < 4.78 is 2.04. The number of hydrogen-bond acceptors (Lipinski definition) is 7. The molecule has 0 bridgehead atoms. The van der Waals surface area contributed by atoms with Gasteiger partial charge in [0.25, 0.3) is 0 Å². The van der Waals surface area contributed by atoms with Crippen LogP contribution in [0.25, 0.3) is 11.2 Å². The molecule has 3 N–H and O–H groups in total. The van der Waals surface area contributed by atoms with Gasteiger partial charge in [-0.25, -0.2) is 19.9 Å². The van der Waals surface area contributed by atoms with Gasteiger partial charge in [-0.2, -0.15) is 0 Å². The van der Waals surface area contributed by atoms with E-state index in [0.29, 0.717) is 16.6 Å². The second-order valence-electron chi connectivity index (χ2n) is 7.22. The molecule has 0 saturated heterocycles. The molecule has 0 atom stereocenters. The summed E-state index contributed by atoms with van der Waals surface area (Å²) in [7, 11) is 0. The van der Waals surface area contributed by atoms with Crippen LogP contribution in [-0.2, 0) is 13.1 Å². The summed E-state index contributed by atoms with van der Waals surface area (Å²) in [6, 6.07) is 0. The molecular formula is C18H26ClN9.